The van der Waals surface area contributed by atoms with Crippen LogP contribution in [0.3, 0.4) is 0 Å². The highest BCUT2D eigenvalue weighted by molar-refractivity contribution is 7.92. The second-order valence-corrected chi connectivity index (χ2v) is 7.46. The Balaban J connectivity index is 2.02. The maximum absolute atomic E-state index is 13.0. The molecule has 3 rings (SSSR count). The standard InChI is InChI=1S/C18H18N2O5S/c1-2-25-18(22)13-19-15-10-6-7-11-16(15)20(12-17(19)21)26(23,24)14-8-4-3-5-9-14/h3-11H,2,12-13H2,1H3. The van der Waals surface area contributed by atoms with Gasteiger partial charge >= 0.3 is 5.97 Å². The molecular weight excluding hydrogens is 356 g/mol. The Morgan fingerprint density at radius 2 is 1.65 bits per heavy atom. The molecule has 0 fully saturated rings. The van der Waals surface area contributed by atoms with Crippen molar-refractivity contribution in [3.8, 4) is 0 Å². The lowest BCUT2D eigenvalue weighted by atomic mass is 10.2. The van der Waals surface area contributed by atoms with Gasteiger partial charge in [0, 0.05) is 0 Å². The fourth-order valence-electron chi connectivity index (χ4n) is 2.77. The molecular formula is C18H18N2O5S. The summed E-state index contributed by atoms with van der Waals surface area (Å²) in [4.78, 5) is 25.8. The summed E-state index contributed by atoms with van der Waals surface area (Å²) in [7, 11) is -3.90. The van der Waals surface area contributed by atoms with Gasteiger partial charge in [-0.15, -0.1) is 0 Å². The van der Waals surface area contributed by atoms with E-state index < -0.39 is 21.9 Å². The summed E-state index contributed by atoms with van der Waals surface area (Å²) in [5.41, 5.74) is 0.705. The number of amides is 1. The number of esters is 1. The highest BCUT2D eigenvalue weighted by atomic mass is 32.2. The quantitative estimate of drug-likeness (QED) is 0.745. The van der Waals surface area contributed by atoms with E-state index >= 15 is 0 Å². The van der Waals surface area contributed by atoms with Crippen LogP contribution in [0, 0.1) is 0 Å². The number of hydrogen-bond donors (Lipinski definition) is 0. The SMILES string of the molecule is CCOC(=O)CN1C(=O)CN(S(=O)(=O)c2ccccc2)c2ccccc21. The van der Waals surface area contributed by atoms with E-state index in [-0.39, 0.29) is 24.6 Å². The second-order valence-electron chi connectivity index (χ2n) is 5.60. The molecule has 0 spiro atoms. The van der Waals surface area contributed by atoms with Crippen molar-refractivity contribution in [2.24, 2.45) is 0 Å². The number of fused-ring (bicyclic) bond motifs is 1. The Morgan fingerprint density at radius 1 is 1.04 bits per heavy atom. The lowest BCUT2D eigenvalue weighted by Crippen LogP contribution is -2.49. The van der Waals surface area contributed by atoms with Crippen molar-refractivity contribution in [3.05, 3.63) is 54.6 Å². The maximum Gasteiger partial charge on any atom is 0.326 e. The van der Waals surface area contributed by atoms with Gasteiger partial charge in [-0.1, -0.05) is 30.3 Å². The van der Waals surface area contributed by atoms with Gasteiger partial charge in [0.15, 0.2) is 0 Å². The Kier molecular flexibility index (Phi) is 4.94. The molecule has 0 unspecified atom stereocenters. The van der Waals surface area contributed by atoms with Crippen LogP contribution in [0.5, 0.6) is 0 Å². The van der Waals surface area contributed by atoms with Gasteiger partial charge in [-0.25, -0.2) is 8.42 Å². The highest BCUT2D eigenvalue weighted by Crippen LogP contribution is 2.36. The average molecular weight is 374 g/mol. The van der Waals surface area contributed by atoms with Crippen molar-refractivity contribution in [2.75, 3.05) is 28.9 Å². The van der Waals surface area contributed by atoms with E-state index in [0.717, 1.165) is 4.31 Å². The Labute approximate surface area is 151 Å². The van der Waals surface area contributed by atoms with Crippen LogP contribution in [-0.2, 0) is 24.3 Å². The smallest absolute Gasteiger partial charge is 0.326 e. The van der Waals surface area contributed by atoms with E-state index in [2.05, 4.69) is 0 Å². The fraction of sp³-hybridized carbons (Fsp3) is 0.222. The summed E-state index contributed by atoms with van der Waals surface area (Å²) < 4.78 is 32.0. The second kappa shape index (κ2) is 7.17. The highest BCUT2D eigenvalue weighted by Gasteiger charge is 2.37. The summed E-state index contributed by atoms with van der Waals surface area (Å²) in [6.07, 6.45) is 0. The first-order valence-electron chi connectivity index (χ1n) is 8.08. The molecule has 0 radical (unpaired) electrons. The zero-order chi connectivity index (χ0) is 18.7. The van der Waals surface area contributed by atoms with E-state index in [1.54, 1.807) is 49.4 Å². The molecule has 136 valence electrons. The molecule has 0 saturated carbocycles. The van der Waals surface area contributed by atoms with E-state index in [1.165, 1.54) is 17.0 Å². The number of para-hydroxylation sites is 2. The molecule has 0 bridgehead atoms. The number of benzene rings is 2. The molecule has 0 aromatic heterocycles. The number of nitrogens with zero attached hydrogens (tertiary/aromatic N) is 2. The van der Waals surface area contributed by atoms with E-state index in [4.69, 9.17) is 4.74 Å². The van der Waals surface area contributed by atoms with Crippen molar-refractivity contribution in [1.29, 1.82) is 0 Å². The van der Waals surface area contributed by atoms with Gasteiger partial charge in [-0.05, 0) is 31.2 Å². The minimum absolute atomic E-state index is 0.0986. The molecule has 26 heavy (non-hydrogen) atoms. The molecule has 0 saturated heterocycles. The summed E-state index contributed by atoms with van der Waals surface area (Å²) >= 11 is 0. The predicted molar refractivity (Wildman–Crippen MR) is 96.4 cm³/mol. The van der Waals surface area contributed by atoms with Gasteiger partial charge in [0.2, 0.25) is 5.91 Å². The predicted octanol–water partition coefficient (Wildman–Crippen LogP) is 1.79. The number of ether oxygens (including phenoxy) is 1. The lowest BCUT2D eigenvalue weighted by molar-refractivity contribution is -0.142. The molecule has 2 aromatic rings. The molecule has 0 atom stereocenters. The average Bonchev–Trinajstić information content (AvgIpc) is 2.64. The first kappa shape index (κ1) is 17.9. The van der Waals surface area contributed by atoms with Gasteiger partial charge in [0.1, 0.15) is 13.1 Å². The third-order valence-corrected chi connectivity index (χ3v) is 5.72. The van der Waals surface area contributed by atoms with Crippen LogP contribution in [0.15, 0.2) is 59.5 Å². The first-order chi connectivity index (χ1) is 12.4. The number of rotatable bonds is 5. The van der Waals surface area contributed by atoms with Crippen LogP contribution in [0.25, 0.3) is 0 Å². The Bertz CT molecular complexity index is 928. The Morgan fingerprint density at radius 3 is 2.31 bits per heavy atom. The molecule has 1 amide bonds. The zero-order valence-corrected chi connectivity index (χ0v) is 15.0. The number of anilines is 2. The molecule has 2 aromatic carbocycles. The van der Waals surface area contributed by atoms with Gasteiger partial charge in [-0.2, -0.15) is 0 Å². The molecule has 0 aliphatic carbocycles. The van der Waals surface area contributed by atoms with Gasteiger partial charge < -0.3 is 4.74 Å². The van der Waals surface area contributed by atoms with E-state index in [0.29, 0.717) is 11.4 Å². The largest absolute Gasteiger partial charge is 0.465 e. The molecule has 1 aliphatic rings. The number of carbonyl (C=O) groups excluding carboxylic acids is 2. The van der Waals surface area contributed by atoms with Crippen LogP contribution in [-0.4, -0.2) is 40.0 Å². The van der Waals surface area contributed by atoms with E-state index in [9.17, 15) is 18.0 Å². The summed E-state index contributed by atoms with van der Waals surface area (Å²) in [5.74, 6) is -1.04. The summed E-state index contributed by atoms with van der Waals surface area (Å²) in [6, 6.07) is 14.5. The number of carbonyl (C=O) groups is 2. The summed E-state index contributed by atoms with van der Waals surface area (Å²) in [6.45, 7) is 1.24. The Hall–Kier alpha value is -2.87. The third-order valence-electron chi connectivity index (χ3n) is 3.94. The van der Waals surface area contributed by atoms with Crippen molar-refractivity contribution in [3.63, 3.8) is 0 Å². The van der Waals surface area contributed by atoms with E-state index in [1.807, 2.05) is 0 Å². The van der Waals surface area contributed by atoms with Crippen molar-refractivity contribution >= 4 is 33.3 Å². The molecule has 1 aliphatic heterocycles. The van der Waals surface area contributed by atoms with Crippen molar-refractivity contribution < 1.29 is 22.7 Å². The monoisotopic (exact) mass is 374 g/mol. The summed E-state index contributed by atoms with van der Waals surface area (Å²) in [5, 5.41) is 0. The van der Waals surface area contributed by atoms with Crippen LogP contribution in [0.4, 0.5) is 11.4 Å². The van der Waals surface area contributed by atoms with Crippen LogP contribution in [0.2, 0.25) is 0 Å². The molecule has 1 heterocycles. The van der Waals surface area contributed by atoms with Crippen LogP contribution in [0.1, 0.15) is 6.92 Å². The number of hydrogen-bond acceptors (Lipinski definition) is 5. The van der Waals surface area contributed by atoms with Gasteiger partial charge in [-0.3, -0.25) is 18.8 Å². The molecule has 7 nitrogen and oxygen atoms in total. The maximum atomic E-state index is 13.0. The van der Waals surface area contributed by atoms with Crippen molar-refractivity contribution in [2.45, 2.75) is 11.8 Å². The zero-order valence-electron chi connectivity index (χ0n) is 14.2. The topological polar surface area (TPSA) is 84.0 Å². The lowest BCUT2D eigenvalue weighted by Gasteiger charge is -2.36. The van der Waals surface area contributed by atoms with Gasteiger partial charge in [0.25, 0.3) is 10.0 Å². The minimum Gasteiger partial charge on any atom is -0.465 e. The van der Waals surface area contributed by atoms with Crippen LogP contribution >= 0.6 is 0 Å². The van der Waals surface area contributed by atoms with Gasteiger partial charge in [0.05, 0.1) is 22.9 Å². The van der Waals surface area contributed by atoms with Crippen LogP contribution < -0.4 is 9.21 Å². The number of sulfonamides is 1. The molecule has 0 N–H and O–H groups in total. The fourth-order valence-corrected chi connectivity index (χ4v) is 4.22. The normalized spacial score (nSPS) is 14.1. The first-order valence-corrected chi connectivity index (χ1v) is 9.52. The minimum atomic E-state index is -3.90. The third kappa shape index (κ3) is 3.28. The van der Waals surface area contributed by atoms with Crippen molar-refractivity contribution in [1.82, 2.24) is 0 Å². The molecule has 8 heteroatoms.